The Hall–Kier alpha value is -2.64. The molecule has 0 spiro atoms. The van der Waals surface area contributed by atoms with E-state index in [0.29, 0.717) is 0 Å². The molecule has 1 unspecified atom stereocenters. The van der Waals surface area contributed by atoms with E-state index in [1.54, 1.807) is 0 Å². The van der Waals surface area contributed by atoms with Crippen molar-refractivity contribution in [3.63, 3.8) is 0 Å². The maximum atomic E-state index is 12.6. The first-order valence-corrected chi connectivity index (χ1v) is 9.86. The van der Waals surface area contributed by atoms with Gasteiger partial charge in [-0.05, 0) is 0 Å². The third-order valence-electron chi connectivity index (χ3n) is 3.76. The lowest BCUT2D eigenvalue weighted by Gasteiger charge is -2.48. The first-order chi connectivity index (χ1) is 13.2. The number of β-lactam (4-membered cyclic amide) rings is 1. The molecule has 3 heterocycles. The van der Waals surface area contributed by atoms with Gasteiger partial charge in [0.1, 0.15) is 35.1 Å². The van der Waals surface area contributed by atoms with Crippen molar-refractivity contribution in [3.05, 3.63) is 21.8 Å². The van der Waals surface area contributed by atoms with E-state index >= 15 is 0 Å². The number of halogens is 1. The second-order valence-corrected chi connectivity index (χ2v) is 8.00. The third kappa shape index (κ3) is 3.68. The Morgan fingerprint density at radius 3 is 2.71 bits per heavy atom. The molecule has 1 aromatic rings. The summed E-state index contributed by atoms with van der Waals surface area (Å²) >= 11 is 8.13. The molecule has 0 bridgehead atoms. The molecule has 0 aromatic carbocycles. The van der Waals surface area contributed by atoms with Crippen LogP contribution in [0.15, 0.2) is 21.1 Å². The SMILES string of the molecule is Nc1nc(C(=NCC(=O)O)C(=O)NC2C(=O)N3C(C(=O)O)=C(Cl)CS[C@H]23)cs1. The molecule has 0 aliphatic carbocycles. The van der Waals surface area contributed by atoms with Gasteiger partial charge in [-0.2, -0.15) is 0 Å². The number of rotatable bonds is 6. The number of amides is 2. The fourth-order valence-corrected chi connectivity index (χ4v) is 4.70. The van der Waals surface area contributed by atoms with E-state index < -0.39 is 41.7 Å². The Morgan fingerprint density at radius 1 is 1.43 bits per heavy atom. The average Bonchev–Trinajstić information content (AvgIpc) is 3.05. The van der Waals surface area contributed by atoms with Crippen LogP contribution in [0, 0.1) is 0 Å². The maximum absolute atomic E-state index is 12.6. The van der Waals surface area contributed by atoms with Gasteiger partial charge in [0.2, 0.25) is 0 Å². The topological polar surface area (TPSA) is 175 Å². The Balaban J connectivity index is 1.80. The number of nitrogens with two attached hydrogens (primary N) is 1. The molecular weight excluding hydrogens is 434 g/mol. The summed E-state index contributed by atoms with van der Waals surface area (Å²) < 4.78 is 0. The van der Waals surface area contributed by atoms with Crippen molar-refractivity contribution in [1.82, 2.24) is 15.2 Å². The molecule has 5 N–H and O–H groups in total. The number of nitrogens with one attached hydrogen (secondary N) is 1. The summed E-state index contributed by atoms with van der Waals surface area (Å²) in [5, 5.41) is 21.5. The monoisotopic (exact) mass is 445 g/mol. The van der Waals surface area contributed by atoms with Gasteiger partial charge in [-0.1, -0.05) is 11.6 Å². The first kappa shape index (κ1) is 20.1. The number of thioether (sulfide) groups is 1. The van der Waals surface area contributed by atoms with Gasteiger partial charge >= 0.3 is 11.9 Å². The molecular formula is C14H12ClN5O6S2. The van der Waals surface area contributed by atoms with Crippen LogP contribution in [0.25, 0.3) is 0 Å². The fourth-order valence-electron chi connectivity index (χ4n) is 2.60. The van der Waals surface area contributed by atoms with Gasteiger partial charge in [-0.25, -0.2) is 9.78 Å². The van der Waals surface area contributed by atoms with E-state index in [0.717, 1.165) is 16.2 Å². The molecule has 28 heavy (non-hydrogen) atoms. The highest BCUT2D eigenvalue weighted by molar-refractivity contribution is 8.00. The Morgan fingerprint density at radius 2 is 2.14 bits per heavy atom. The van der Waals surface area contributed by atoms with Crippen molar-refractivity contribution < 1.29 is 29.4 Å². The van der Waals surface area contributed by atoms with Crippen molar-refractivity contribution in [2.75, 3.05) is 18.0 Å². The first-order valence-electron chi connectivity index (χ1n) is 7.55. The summed E-state index contributed by atoms with van der Waals surface area (Å²) in [5.74, 6) is -3.88. The van der Waals surface area contributed by atoms with Crippen molar-refractivity contribution in [3.8, 4) is 0 Å². The number of carboxylic acid groups (broad SMARTS) is 2. The van der Waals surface area contributed by atoms with E-state index in [2.05, 4.69) is 15.3 Å². The number of nitrogen functional groups attached to an aromatic ring is 1. The molecule has 2 atom stereocenters. The molecule has 14 heteroatoms. The largest absolute Gasteiger partial charge is 0.480 e. The van der Waals surface area contributed by atoms with Crippen molar-refractivity contribution in [2.45, 2.75) is 11.4 Å². The summed E-state index contributed by atoms with van der Waals surface area (Å²) in [7, 11) is 0. The van der Waals surface area contributed by atoms with Gasteiger partial charge in [0.25, 0.3) is 11.8 Å². The van der Waals surface area contributed by atoms with E-state index in [1.807, 2.05) is 0 Å². The molecule has 2 aliphatic rings. The summed E-state index contributed by atoms with van der Waals surface area (Å²) in [6.07, 6.45) is 0. The molecule has 2 aliphatic heterocycles. The van der Waals surface area contributed by atoms with E-state index in [9.17, 15) is 24.3 Å². The predicted octanol–water partition coefficient (Wildman–Crippen LogP) is -0.466. The van der Waals surface area contributed by atoms with Crippen LogP contribution in [-0.2, 0) is 19.2 Å². The summed E-state index contributed by atoms with van der Waals surface area (Å²) in [6, 6.07) is -1.01. The molecule has 0 radical (unpaired) electrons. The van der Waals surface area contributed by atoms with Crippen LogP contribution >= 0.6 is 34.7 Å². The molecule has 1 aromatic heterocycles. The van der Waals surface area contributed by atoms with Gasteiger partial charge in [-0.15, -0.1) is 23.1 Å². The Bertz CT molecular complexity index is 944. The number of fused-ring (bicyclic) bond motifs is 1. The second kappa shape index (κ2) is 7.77. The number of aliphatic carboxylic acids is 2. The maximum Gasteiger partial charge on any atom is 0.353 e. The van der Waals surface area contributed by atoms with Crippen LogP contribution < -0.4 is 11.1 Å². The smallest absolute Gasteiger partial charge is 0.353 e. The number of anilines is 1. The van der Waals surface area contributed by atoms with Gasteiger partial charge < -0.3 is 21.3 Å². The van der Waals surface area contributed by atoms with Gasteiger partial charge in [0.05, 0.1) is 5.03 Å². The van der Waals surface area contributed by atoms with Crippen molar-refractivity contribution in [1.29, 1.82) is 0 Å². The minimum absolute atomic E-state index is 0.0357. The van der Waals surface area contributed by atoms with Crippen molar-refractivity contribution >= 4 is 69.3 Å². The zero-order valence-corrected chi connectivity index (χ0v) is 16.2. The number of hydrogen-bond donors (Lipinski definition) is 4. The molecule has 0 saturated carbocycles. The molecule has 3 rings (SSSR count). The van der Waals surface area contributed by atoms with Crippen LogP contribution in [0.2, 0.25) is 0 Å². The number of carboxylic acids is 2. The minimum Gasteiger partial charge on any atom is -0.480 e. The molecule has 2 amide bonds. The van der Waals surface area contributed by atoms with Crippen molar-refractivity contribution in [2.24, 2.45) is 4.99 Å². The van der Waals surface area contributed by atoms with Crippen LogP contribution in [0.1, 0.15) is 5.69 Å². The molecule has 11 nitrogen and oxygen atoms in total. The van der Waals surface area contributed by atoms with Crippen LogP contribution in [0.4, 0.5) is 5.13 Å². The average molecular weight is 446 g/mol. The number of hydrogen-bond acceptors (Lipinski definition) is 9. The lowest BCUT2D eigenvalue weighted by atomic mass is 10.0. The molecule has 1 saturated heterocycles. The van der Waals surface area contributed by atoms with E-state index in [1.165, 1.54) is 17.1 Å². The third-order valence-corrected chi connectivity index (χ3v) is 6.19. The lowest BCUT2D eigenvalue weighted by Crippen LogP contribution is -2.71. The summed E-state index contributed by atoms with van der Waals surface area (Å²) in [5.41, 5.74) is 5.03. The molecule has 1 fully saturated rings. The highest BCUT2D eigenvalue weighted by Crippen LogP contribution is 2.41. The lowest BCUT2D eigenvalue weighted by molar-refractivity contribution is -0.150. The summed E-state index contributed by atoms with van der Waals surface area (Å²) in [6.45, 7) is -0.676. The number of carbonyl (C=O) groups excluding carboxylic acids is 2. The zero-order chi connectivity index (χ0) is 20.6. The highest BCUT2D eigenvalue weighted by atomic mass is 35.5. The number of thiazole rings is 1. The Labute approximate surface area is 170 Å². The highest BCUT2D eigenvalue weighted by Gasteiger charge is 2.54. The van der Waals surface area contributed by atoms with Gasteiger partial charge in [-0.3, -0.25) is 24.3 Å². The minimum atomic E-state index is -1.34. The van der Waals surface area contributed by atoms with Crippen LogP contribution in [0.5, 0.6) is 0 Å². The quantitative estimate of drug-likeness (QED) is 0.333. The number of aliphatic imine (C=N–C) groups is 1. The number of nitrogens with zero attached hydrogens (tertiary/aromatic N) is 3. The zero-order valence-electron chi connectivity index (χ0n) is 13.8. The summed E-state index contributed by atoms with van der Waals surface area (Å²) in [4.78, 5) is 55.8. The van der Waals surface area contributed by atoms with Gasteiger partial charge in [0, 0.05) is 11.1 Å². The molecule has 148 valence electrons. The van der Waals surface area contributed by atoms with Gasteiger partial charge in [0.15, 0.2) is 5.13 Å². The Kier molecular flexibility index (Phi) is 5.58. The number of aromatic nitrogens is 1. The van der Waals surface area contributed by atoms with E-state index in [-0.39, 0.29) is 33.0 Å². The standard InChI is InChI=1S/C14H12ClN5O6S2/c15-4-2-27-12-8(11(24)20(12)9(4)13(25)26)19-10(23)7(17-1-6(21)22)5-3-28-14(16)18-5/h3,8,12H,1-2H2,(H2,16,18)(H,19,23)(H,21,22)(H,25,26)/t8?,12-/m1/s1. The number of carbonyl (C=O) groups is 4. The van der Waals surface area contributed by atoms with E-state index in [4.69, 9.17) is 22.4 Å². The van der Waals surface area contributed by atoms with Crippen LogP contribution in [0.3, 0.4) is 0 Å². The second-order valence-electron chi connectivity index (χ2n) is 5.55. The predicted molar refractivity (Wildman–Crippen MR) is 101 cm³/mol. The van der Waals surface area contributed by atoms with Crippen LogP contribution in [-0.4, -0.2) is 73.3 Å². The normalized spacial score (nSPS) is 21.8. The fraction of sp³-hybridized carbons (Fsp3) is 0.286.